The summed E-state index contributed by atoms with van der Waals surface area (Å²) in [6.07, 6.45) is 3.87. The van der Waals surface area contributed by atoms with E-state index in [0.29, 0.717) is 24.1 Å². The number of para-hydroxylation sites is 1. The Hall–Kier alpha value is -4.11. The molecule has 1 aliphatic rings. The van der Waals surface area contributed by atoms with Crippen LogP contribution in [-0.2, 0) is 6.54 Å². The van der Waals surface area contributed by atoms with Gasteiger partial charge in [0, 0.05) is 61.5 Å². The number of nitrogens with two attached hydrogens (primary N) is 1. The van der Waals surface area contributed by atoms with E-state index in [1.807, 2.05) is 24.3 Å². The minimum Gasteiger partial charge on any atom is -0.508 e. The lowest BCUT2D eigenvalue weighted by molar-refractivity contribution is 0.311. The summed E-state index contributed by atoms with van der Waals surface area (Å²) >= 11 is 0. The van der Waals surface area contributed by atoms with Gasteiger partial charge in [0.2, 0.25) is 5.95 Å². The van der Waals surface area contributed by atoms with Crippen LogP contribution < -0.4 is 16.1 Å². The molecule has 4 N–H and O–H groups in total. The summed E-state index contributed by atoms with van der Waals surface area (Å²) in [4.78, 5) is 13.4. The SMILES string of the molecule is CN1CCN(c2nc(N)cc(N/N=C/c3cn(Cc4ccc(O)cc4)c4ccccc34)n2)CC1. The monoisotopic (exact) mass is 456 g/mol. The van der Waals surface area contributed by atoms with E-state index in [2.05, 4.69) is 60.2 Å². The number of phenols is 1. The number of rotatable bonds is 6. The number of nitrogens with one attached hydrogen (secondary N) is 1. The highest BCUT2D eigenvalue weighted by Crippen LogP contribution is 2.22. The van der Waals surface area contributed by atoms with E-state index in [9.17, 15) is 5.11 Å². The highest BCUT2D eigenvalue weighted by molar-refractivity contribution is 5.99. The topological polar surface area (TPSA) is 108 Å². The van der Waals surface area contributed by atoms with Crippen molar-refractivity contribution in [2.75, 3.05) is 49.3 Å². The van der Waals surface area contributed by atoms with E-state index in [-0.39, 0.29) is 5.75 Å². The second-order valence-corrected chi connectivity index (χ2v) is 8.53. The molecule has 0 aliphatic carbocycles. The van der Waals surface area contributed by atoms with Gasteiger partial charge >= 0.3 is 0 Å². The van der Waals surface area contributed by atoms with E-state index < -0.39 is 0 Å². The number of fused-ring (bicyclic) bond motifs is 1. The Bertz CT molecular complexity index is 1310. The Morgan fingerprint density at radius 1 is 1.06 bits per heavy atom. The summed E-state index contributed by atoms with van der Waals surface area (Å²) in [7, 11) is 2.11. The summed E-state index contributed by atoms with van der Waals surface area (Å²) in [5, 5.41) is 15.1. The van der Waals surface area contributed by atoms with Gasteiger partial charge in [-0.05, 0) is 30.8 Å². The lowest BCUT2D eigenvalue weighted by Crippen LogP contribution is -2.45. The van der Waals surface area contributed by atoms with Crippen LogP contribution in [0, 0.1) is 0 Å². The van der Waals surface area contributed by atoms with Crippen LogP contribution in [0.3, 0.4) is 0 Å². The van der Waals surface area contributed by atoms with Gasteiger partial charge in [0.05, 0.1) is 6.21 Å². The molecular formula is C25H28N8O. The van der Waals surface area contributed by atoms with Crippen LogP contribution in [0.1, 0.15) is 11.1 Å². The Balaban J connectivity index is 1.35. The fourth-order valence-electron chi connectivity index (χ4n) is 4.13. The quantitative estimate of drug-likeness (QED) is 0.302. The van der Waals surface area contributed by atoms with Crippen LogP contribution in [-0.4, -0.2) is 64.0 Å². The minimum atomic E-state index is 0.265. The Morgan fingerprint density at radius 2 is 1.82 bits per heavy atom. The molecule has 9 nitrogen and oxygen atoms in total. The smallest absolute Gasteiger partial charge is 0.229 e. The van der Waals surface area contributed by atoms with Crippen LogP contribution in [0.5, 0.6) is 5.75 Å². The zero-order valence-corrected chi connectivity index (χ0v) is 19.1. The van der Waals surface area contributed by atoms with Crippen LogP contribution >= 0.6 is 0 Å². The molecule has 174 valence electrons. The molecule has 0 spiro atoms. The van der Waals surface area contributed by atoms with Crippen molar-refractivity contribution in [3.8, 4) is 5.75 Å². The zero-order chi connectivity index (χ0) is 23.5. The third-order valence-corrected chi connectivity index (χ3v) is 6.01. The zero-order valence-electron chi connectivity index (χ0n) is 19.1. The third-order valence-electron chi connectivity index (χ3n) is 6.01. The van der Waals surface area contributed by atoms with Crippen molar-refractivity contribution in [1.29, 1.82) is 0 Å². The molecule has 0 unspecified atom stereocenters. The van der Waals surface area contributed by atoms with Gasteiger partial charge in [-0.1, -0.05) is 30.3 Å². The normalized spacial score (nSPS) is 14.8. The predicted octanol–water partition coefficient (Wildman–Crippen LogP) is 2.97. The third kappa shape index (κ3) is 4.79. The number of anilines is 3. The lowest BCUT2D eigenvalue weighted by Gasteiger charge is -2.32. The average Bonchev–Trinajstić information content (AvgIpc) is 3.18. The average molecular weight is 457 g/mol. The second kappa shape index (κ2) is 9.40. The van der Waals surface area contributed by atoms with Gasteiger partial charge in [-0.15, -0.1) is 0 Å². The van der Waals surface area contributed by atoms with Crippen LogP contribution in [0.2, 0.25) is 0 Å². The highest BCUT2D eigenvalue weighted by atomic mass is 16.3. The number of piperazine rings is 1. The number of aromatic hydroxyl groups is 1. The van der Waals surface area contributed by atoms with E-state index in [4.69, 9.17) is 5.73 Å². The number of benzene rings is 2. The van der Waals surface area contributed by atoms with Crippen LogP contribution in [0.25, 0.3) is 10.9 Å². The maximum atomic E-state index is 9.56. The van der Waals surface area contributed by atoms with Crippen LogP contribution in [0.4, 0.5) is 17.6 Å². The lowest BCUT2D eigenvalue weighted by atomic mass is 10.2. The summed E-state index contributed by atoms with van der Waals surface area (Å²) in [6, 6.07) is 17.2. The largest absolute Gasteiger partial charge is 0.508 e. The highest BCUT2D eigenvalue weighted by Gasteiger charge is 2.17. The first kappa shape index (κ1) is 21.7. The summed E-state index contributed by atoms with van der Waals surface area (Å²) in [5.74, 6) is 1.86. The number of hydrazone groups is 1. The van der Waals surface area contributed by atoms with Gasteiger partial charge in [-0.3, -0.25) is 5.43 Å². The molecule has 4 aromatic rings. The van der Waals surface area contributed by atoms with Gasteiger partial charge in [-0.25, -0.2) is 0 Å². The second-order valence-electron chi connectivity index (χ2n) is 8.53. The molecular weight excluding hydrogens is 428 g/mol. The standard InChI is InChI=1S/C25H28N8O/c1-31-10-12-32(13-11-31)25-28-23(26)14-24(29-25)30-27-15-19-17-33(22-5-3-2-4-21(19)22)16-18-6-8-20(34)9-7-18/h2-9,14-15,17,34H,10-13,16H2,1H3,(H3,26,28,29,30)/b27-15+. The first-order chi connectivity index (χ1) is 16.5. The van der Waals surface area contributed by atoms with Crippen molar-refractivity contribution in [2.45, 2.75) is 6.54 Å². The maximum Gasteiger partial charge on any atom is 0.229 e. The van der Waals surface area contributed by atoms with E-state index >= 15 is 0 Å². The molecule has 2 aromatic heterocycles. The number of hydrogen-bond donors (Lipinski definition) is 3. The van der Waals surface area contributed by atoms with Crippen LogP contribution in [0.15, 0.2) is 65.9 Å². The van der Waals surface area contributed by atoms with E-state index in [1.165, 1.54) is 0 Å². The van der Waals surface area contributed by atoms with Gasteiger partial charge in [0.25, 0.3) is 0 Å². The summed E-state index contributed by atoms with van der Waals surface area (Å²) in [6.45, 7) is 4.35. The van der Waals surface area contributed by atoms with Gasteiger partial charge < -0.3 is 25.2 Å². The number of nitrogens with zero attached hydrogens (tertiary/aromatic N) is 6. The van der Waals surface area contributed by atoms with Crippen molar-refractivity contribution in [1.82, 2.24) is 19.4 Å². The molecule has 2 aromatic carbocycles. The maximum absolute atomic E-state index is 9.56. The molecule has 0 atom stereocenters. The fourth-order valence-corrected chi connectivity index (χ4v) is 4.13. The number of aromatic nitrogens is 3. The first-order valence-electron chi connectivity index (χ1n) is 11.3. The Morgan fingerprint density at radius 3 is 2.62 bits per heavy atom. The molecule has 0 amide bonds. The molecule has 9 heteroatoms. The molecule has 1 fully saturated rings. The molecule has 3 heterocycles. The molecule has 1 aliphatic heterocycles. The van der Waals surface area contributed by atoms with Gasteiger partial charge in [0.15, 0.2) is 5.82 Å². The van der Waals surface area contributed by atoms with E-state index in [1.54, 1.807) is 24.4 Å². The molecule has 34 heavy (non-hydrogen) atoms. The van der Waals surface area contributed by atoms with Crippen molar-refractivity contribution >= 4 is 34.7 Å². The predicted molar refractivity (Wildman–Crippen MR) is 137 cm³/mol. The number of likely N-dealkylation sites (N-methyl/N-ethyl adjacent to an activating group) is 1. The number of hydrogen-bond acceptors (Lipinski definition) is 8. The van der Waals surface area contributed by atoms with Gasteiger partial charge in [0.1, 0.15) is 11.6 Å². The fraction of sp³-hybridized carbons (Fsp3) is 0.240. The van der Waals surface area contributed by atoms with Crippen molar-refractivity contribution in [2.24, 2.45) is 5.10 Å². The Kier molecular flexibility index (Phi) is 6.01. The molecule has 0 radical (unpaired) electrons. The Labute approximate surface area is 198 Å². The molecule has 1 saturated heterocycles. The van der Waals surface area contributed by atoms with Crippen molar-refractivity contribution in [3.63, 3.8) is 0 Å². The van der Waals surface area contributed by atoms with Crippen molar-refractivity contribution in [3.05, 3.63) is 71.9 Å². The number of phenolic OH excluding ortho intramolecular Hbond substituents is 1. The van der Waals surface area contributed by atoms with Crippen molar-refractivity contribution < 1.29 is 5.11 Å². The van der Waals surface area contributed by atoms with E-state index in [0.717, 1.165) is 48.2 Å². The minimum absolute atomic E-state index is 0.265. The molecule has 5 rings (SSSR count). The summed E-state index contributed by atoms with van der Waals surface area (Å²) < 4.78 is 2.18. The van der Waals surface area contributed by atoms with Gasteiger partial charge in [-0.2, -0.15) is 15.1 Å². The summed E-state index contributed by atoms with van der Waals surface area (Å²) in [5.41, 5.74) is 12.3. The first-order valence-corrected chi connectivity index (χ1v) is 11.3. The molecule has 0 saturated carbocycles. The number of nitrogen functional groups attached to an aromatic ring is 1. The molecule has 0 bridgehead atoms.